The molecule has 0 bridgehead atoms. The van der Waals surface area contributed by atoms with Crippen molar-refractivity contribution in [2.75, 3.05) is 0 Å². The average molecular weight is 328 g/mol. The van der Waals surface area contributed by atoms with Gasteiger partial charge >= 0.3 is 0 Å². The van der Waals surface area contributed by atoms with E-state index >= 15 is 0 Å². The van der Waals surface area contributed by atoms with Gasteiger partial charge in [0.1, 0.15) is 5.01 Å². The van der Waals surface area contributed by atoms with Crippen molar-refractivity contribution in [1.82, 2.24) is 4.98 Å². The third kappa shape index (κ3) is 3.66. The van der Waals surface area contributed by atoms with Gasteiger partial charge in [-0.2, -0.15) is 0 Å². The van der Waals surface area contributed by atoms with E-state index in [0.717, 1.165) is 20.1 Å². The Balaban J connectivity index is 2.00. The predicted octanol–water partition coefficient (Wildman–Crippen LogP) is 4.40. The number of thioether (sulfide) groups is 1. The molecule has 17 heavy (non-hydrogen) atoms. The summed E-state index contributed by atoms with van der Waals surface area (Å²) in [6.07, 6.45) is 1.66. The first-order valence-electron chi connectivity index (χ1n) is 4.99. The number of halogens is 1. The molecule has 0 aliphatic heterocycles. The molecule has 0 saturated heterocycles. The monoisotopic (exact) mass is 327 g/mol. The molecule has 0 amide bonds. The molecule has 1 aromatic carbocycles. The number of benzene rings is 1. The fourth-order valence-corrected chi connectivity index (χ4v) is 3.56. The number of hydrogen-bond acceptors (Lipinski definition) is 4. The molecular formula is C12H10BrNOS2. The SMILES string of the molecule is CC(=O)c1cnc(CSc2cccc(Br)c2)s1. The maximum absolute atomic E-state index is 11.1. The minimum absolute atomic E-state index is 0.0844. The summed E-state index contributed by atoms with van der Waals surface area (Å²) in [6.45, 7) is 1.57. The number of carbonyl (C=O) groups excluding carboxylic acids is 1. The van der Waals surface area contributed by atoms with Crippen LogP contribution in [0.2, 0.25) is 0 Å². The second kappa shape index (κ2) is 5.80. The molecule has 88 valence electrons. The van der Waals surface area contributed by atoms with Crippen molar-refractivity contribution < 1.29 is 4.79 Å². The van der Waals surface area contributed by atoms with Gasteiger partial charge in [0.15, 0.2) is 5.78 Å². The summed E-state index contributed by atoms with van der Waals surface area (Å²) in [5.74, 6) is 0.884. The molecule has 0 radical (unpaired) electrons. The van der Waals surface area contributed by atoms with Crippen LogP contribution >= 0.6 is 39.0 Å². The van der Waals surface area contributed by atoms with Gasteiger partial charge in [0.2, 0.25) is 0 Å². The molecule has 0 spiro atoms. The molecule has 0 N–H and O–H groups in total. The largest absolute Gasteiger partial charge is 0.294 e. The van der Waals surface area contributed by atoms with Crippen LogP contribution in [-0.2, 0) is 5.75 Å². The van der Waals surface area contributed by atoms with Crippen LogP contribution in [0, 0.1) is 0 Å². The number of hydrogen-bond donors (Lipinski definition) is 0. The van der Waals surface area contributed by atoms with E-state index in [1.165, 1.54) is 16.2 Å². The number of Topliss-reactive ketones (excluding diaryl/α,β-unsaturated/α-hetero) is 1. The molecule has 0 atom stereocenters. The summed E-state index contributed by atoms with van der Waals surface area (Å²) in [7, 11) is 0. The van der Waals surface area contributed by atoms with Gasteiger partial charge in [-0.3, -0.25) is 4.79 Å². The second-order valence-corrected chi connectivity index (χ2v) is 6.50. The molecule has 0 saturated carbocycles. The molecular weight excluding hydrogens is 318 g/mol. The highest BCUT2D eigenvalue weighted by atomic mass is 79.9. The average Bonchev–Trinajstić information content (AvgIpc) is 2.75. The Morgan fingerprint density at radius 2 is 2.35 bits per heavy atom. The van der Waals surface area contributed by atoms with Crippen molar-refractivity contribution in [3.05, 3.63) is 44.8 Å². The highest BCUT2D eigenvalue weighted by Gasteiger charge is 2.06. The Morgan fingerprint density at radius 1 is 1.53 bits per heavy atom. The maximum atomic E-state index is 11.1. The number of ketones is 1. The number of nitrogens with zero attached hydrogens (tertiary/aromatic N) is 1. The van der Waals surface area contributed by atoms with Crippen molar-refractivity contribution in [3.63, 3.8) is 0 Å². The van der Waals surface area contributed by atoms with E-state index in [9.17, 15) is 4.79 Å². The van der Waals surface area contributed by atoms with E-state index in [2.05, 4.69) is 33.0 Å². The highest BCUT2D eigenvalue weighted by molar-refractivity contribution is 9.10. The van der Waals surface area contributed by atoms with Crippen LogP contribution in [0.1, 0.15) is 21.6 Å². The summed E-state index contributed by atoms with van der Waals surface area (Å²) in [5, 5.41) is 0.986. The quantitative estimate of drug-likeness (QED) is 0.615. The zero-order chi connectivity index (χ0) is 12.3. The topological polar surface area (TPSA) is 30.0 Å². The van der Waals surface area contributed by atoms with E-state index in [0.29, 0.717) is 0 Å². The molecule has 5 heteroatoms. The minimum atomic E-state index is 0.0844. The lowest BCUT2D eigenvalue weighted by Crippen LogP contribution is -1.83. The summed E-state index contributed by atoms with van der Waals surface area (Å²) in [4.78, 5) is 17.3. The molecule has 0 aliphatic rings. The Morgan fingerprint density at radius 3 is 3.00 bits per heavy atom. The Kier molecular flexibility index (Phi) is 4.36. The first-order chi connectivity index (χ1) is 8.15. The van der Waals surface area contributed by atoms with Crippen LogP contribution in [0.5, 0.6) is 0 Å². The van der Waals surface area contributed by atoms with Gasteiger partial charge in [0, 0.05) is 22.5 Å². The summed E-state index contributed by atoms with van der Waals surface area (Å²) in [5.41, 5.74) is 0. The highest BCUT2D eigenvalue weighted by Crippen LogP contribution is 2.27. The van der Waals surface area contributed by atoms with E-state index < -0.39 is 0 Å². The normalized spacial score (nSPS) is 10.5. The Bertz CT molecular complexity index is 539. The summed E-state index contributed by atoms with van der Waals surface area (Å²) in [6, 6.07) is 8.15. The van der Waals surface area contributed by atoms with Crippen molar-refractivity contribution in [3.8, 4) is 0 Å². The van der Waals surface area contributed by atoms with Crippen LogP contribution in [0.25, 0.3) is 0 Å². The first-order valence-corrected chi connectivity index (χ1v) is 7.58. The van der Waals surface area contributed by atoms with Crippen molar-refractivity contribution in [2.24, 2.45) is 0 Å². The fraction of sp³-hybridized carbons (Fsp3) is 0.167. The summed E-state index contributed by atoms with van der Waals surface area (Å²) < 4.78 is 1.08. The van der Waals surface area contributed by atoms with E-state index in [-0.39, 0.29) is 5.78 Å². The van der Waals surface area contributed by atoms with Crippen LogP contribution in [-0.4, -0.2) is 10.8 Å². The van der Waals surface area contributed by atoms with Gasteiger partial charge in [-0.15, -0.1) is 23.1 Å². The van der Waals surface area contributed by atoms with E-state index in [1.54, 1.807) is 24.9 Å². The van der Waals surface area contributed by atoms with E-state index in [1.807, 2.05) is 12.1 Å². The zero-order valence-electron chi connectivity index (χ0n) is 9.14. The van der Waals surface area contributed by atoms with Crippen LogP contribution in [0.4, 0.5) is 0 Å². The maximum Gasteiger partial charge on any atom is 0.171 e. The molecule has 0 fully saturated rings. The molecule has 1 heterocycles. The zero-order valence-corrected chi connectivity index (χ0v) is 12.4. The van der Waals surface area contributed by atoms with Gasteiger partial charge in [0.25, 0.3) is 0 Å². The fourth-order valence-electron chi connectivity index (χ4n) is 1.24. The van der Waals surface area contributed by atoms with E-state index in [4.69, 9.17) is 0 Å². The number of aromatic nitrogens is 1. The van der Waals surface area contributed by atoms with Crippen molar-refractivity contribution in [1.29, 1.82) is 0 Å². The molecule has 2 rings (SSSR count). The van der Waals surface area contributed by atoms with Crippen LogP contribution < -0.4 is 0 Å². The standard InChI is InChI=1S/C12H10BrNOS2/c1-8(15)11-6-14-12(17-11)7-16-10-4-2-3-9(13)5-10/h2-6H,7H2,1H3. The Hall–Kier alpha value is -0.650. The summed E-state index contributed by atoms with van der Waals surface area (Å²) >= 11 is 6.63. The van der Waals surface area contributed by atoms with Crippen LogP contribution in [0.3, 0.4) is 0 Å². The van der Waals surface area contributed by atoms with Gasteiger partial charge in [-0.1, -0.05) is 22.0 Å². The molecule has 1 aromatic heterocycles. The third-order valence-corrected chi connectivity index (χ3v) is 4.84. The predicted molar refractivity (Wildman–Crippen MR) is 75.8 cm³/mol. The molecule has 2 aromatic rings. The number of thiazole rings is 1. The first kappa shape index (κ1) is 12.8. The van der Waals surface area contributed by atoms with Gasteiger partial charge in [-0.25, -0.2) is 4.98 Å². The number of carbonyl (C=O) groups is 1. The van der Waals surface area contributed by atoms with Crippen molar-refractivity contribution >= 4 is 44.8 Å². The van der Waals surface area contributed by atoms with Gasteiger partial charge < -0.3 is 0 Å². The lowest BCUT2D eigenvalue weighted by molar-refractivity contribution is 0.102. The lowest BCUT2D eigenvalue weighted by atomic mass is 10.4. The molecule has 0 unspecified atom stereocenters. The molecule has 0 aliphatic carbocycles. The minimum Gasteiger partial charge on any atom is -0.294 e. The second-order valence-electron chi connectivity index (χ2n) is 3.42. The third-order valence-electron chi connectivity index (χ3n) is 2.06. The smallest absolute Gasteiger partial charge is 0.171 e. The number of rotatable bonds is 4. The van der Waals surface area contributed by atoms with Gasteiger partial charge in [-0.05, 0) is 18.2 Å². The van der Waals surface area contributed by atoms with Crippen molar-refractivity contribution in [2.45, 2.75) is 17.6 Å². The van der Waals surface area contributed by atoms with Gasteiger partial charge in [0.05, 0.1) is 10.6 Å². The molecule has 2 nitrogen and oxygen atoms in total. The van der Waals surface area contributed by atoms with Crippen LogP contribution in [0.15, 0.2) is 39.8 Å². The Labute approximate surface area is 117 Å². The lowest BCUT2D eigenvalue weighted by Gasteiger charge is -1.99.